The molecule has 3 aromatic rings. The number of piperidine rings is 1. The van der Waals surface area contributed by atoms with Crippen molar-refractivity contribution in [1.82, 2.24) is 14.3 Å². The number of nitrogens with one attached hydrogen (secondary N) is 1. The van der Waals surface area contributed by atoms with Gasteiger partial charge in [-0.15, -0.1) is 0 Å². The van der Waals surface area contributed by atoms with Gasteiger partial charge in [-0.3, -0.25) is 0 Å². The summed E-state index contributed by atoms with van der Waals surface area (Å²) in [4.78, 5) is 7.77. The summed E-state index contributed by atoms with van der Waals surface area (Å²) in [6.07, 6.45) is 4.16. The fraction of sp³-hybridized carbons (Fsp3) is 0.286. The third kappa shape index (κ3) is 3.14. The standard InChI is InChI=1S/C21H22BN3O4S/c1-14-8-10-25(30(27,28)15-5-3-2-4-6-15)13-18(14)17-11-22(26)29-19-12-24-21-16(20(17)19)7-9-23-21/h2-7,9,11-12,14,18,26H,8,10,13H2,1H3,(H,23,24). The SMILES string of the molecule is CC1CCN(S(=O)(=O)c2ccccc2)CC1C1=CB(O)Oc2cnc3[nH]ccc3c21. The largest absolute Gasteiger partial charge is 0.552 e. The van der Waals surface area contributed by atoms with Gasteiger partial charge in [0.15, 0.2) is 0 Å². The van der Waals surface area contributed by atoms with Gasteiger partial charge in [0.05, 0.1) is 11.1 Å². The molecular weight excluding hydrogens is 401 g/mol. The van der Waals surface area contributed by atoms with E-state index in [1.807, 2.05) is 12.3 Å². The molecule has 2 aromatic heterocycles. The number of aromatic amines is 1. The Balaban J connectivity index is 1.56. The summed E-state index contributed by atoms with van der Waals surface area (Å²) >= 11 is 0. The van der Waals surface area contributed by atoms with Crippen LogP contribution in [0.15, 0.2) is 59.7 Å². The number of benzene rings is 1. The van der Waals surface area contributed by atoms with Crippen molar-refractivity contribution in [2.75, 3.05) is 13.1 Å². The lowest BCUT2D eigenvalue weighted by atomic mass is 9.72. The molecule has 1 saturated heterocycles. The summed E-state index contributed by atoms with van der Waals surface area (Å²) in [6, 6.07) is 10.5. The maximum atomic E-state index is 13.2. The van der Waals surface area contributed by atoms with E-state index < -0.39 is 17.1 Å². The van der Waals surface area contributed by atoms with E-state index >= 15 is 0 Å². The average Bonchev–Trinajstić information content (AvgIpc) is 3.23. The number of rotatable bonds is 3. The highest BCUT2D eigenvalue weighted by Crippen LogP contribution is 2.44. The highest BCUT2D eigenvalue weighted by Gasteiger charge is 2.39. The fourth-order valence-corrected chi connectivity index (χ4v) is 5.99. The first-order valence-electron chi connectivity index (χ1n) is 10.0. The maximum Gasteiger partial charge on any atom is 0.552 e. The third-order valence-electron chi connectivity index (χ3n) is 6.11. The highest BCUT2D eigenvalue weighted by atomic mass is 32.2. The maximum absolute atomic E-state index is 13.2. The van der Waals surface area contributed by atoms with E-state index in [-0.39, 0.29) is 11.8 Å². The number of hydrogen-bond acceptors (Lipinski definition) is 5. The zero-order valence-corrected chi connectivity index (χ0v) is 17.3. The van der Waals surface area contributed by atoms with Gasteiger partial charge in [0.1, 0.15) is 11.4 Å². The molecule has 0 saturated carbocycles. The molecule has 154 valence electrons. The van der Waals surface area contributed by atoms with Crippen LogP contribution in [0.1, 0.15) is 18.9 Å². The van der Waals surface area contributed by atoms with Gasteiger partial charge in [-0.1, -0.05) is 25.1 Å². The molecule has 1 aromatic carbocycles. The molecule has 2 atom stereocenters. The molecule has 1 fully saturated rings. The molecule has 0 aliphatic carbocycles. The Morgan fingerprint density at radius 3 is 2.87 bits per heavy atom. The Hall–Kier alpha value is -2.62. The van der Waals surface area contributed by atoms with Crippen LogP contribution in [0.25, 0.3) is 16.6 Å². The third-order valence-corrected chi connectivity index (χ3v) is 7.99. The molecule has 4 heterocycles. The van der Waals surface area contributed by atoms with Crippen molar-refractivity contribution >= 4 is 33.7 Å². The molecule has 2 unspecified atom stereocenters. The van der Waals surface area contributed by atoms with Gasteiger partial charge in [-0.25, -0.2) is 13.4 Å². The molecule has 7 nitrogen and oxygen atoms in total. The van der Waals surface area contributed by atoms with Gasteiger partial charge >= 0.3 is 7.12 Å². The van der Waals surface area contributed by atoms with Crippen molar-refractivity contribution in [1.29, 1.82) is 0 Å². The quantitative estimate of drug-likeness (QED) is 0.632. The van der Waals surface area contributed by atoms with Crippen molar-refractivity contribution in [2.45, 2.75) is 18.2 Å². The second-order valence-corrected chi connectivity index (χ2v) is 9.85. The number of sulfonamides is 1. The second-order valence-electron chi connectivity index (χ2n) is 7.92. The predicted octanol–water partition coefficient (Wildman–Crippen LogP) is 2.71. The van der Waals surface area contributed by atoms with E-state index in [2.05, 4.69) is 16.9 Å². The van der Waals surface area contributed by atoms with E-state index in [1.165, 1.54) is 0 Å². The van der Waals surface area contributed by atoms with E-state index in [0.717, 1.165) is 28.6 Å². The van der Waals surface area contributed by atoms with Crippen molar-refractivity contribution in [2.24, 2.45) is 11.8 Å². The van der Waals surface area contributed by atoms with Crippen molar-refractivity contribution in [3.8, 4) is 5.75 Å². The number of H-pyrrole nitrogens is 1. The molecule has 0 amide bonds. The van der Waals surface area contributed by atoms with Gasteiger partial charge in [0.25, 0.3) is 0 Å². The topological polar surface area (TPSA) is 95.5 Å². The van der Waals surface area contributed by atoms with E-state index in [9.17, 15) is 13.4 Å². The van der Waals surface area contributed by atoms with Crippen molar-refractivity contribution < 1.29 is 18.1 Å². The first-order valence-corrected chi connectivity index (χ1v) is 11.5. The van der Waals surface area contributed by atoms with Gasteiger partial charge in [0.2, 0.25) is 10.0 Å². The first-order chi connectivity index (χ1) is 14.4. The Morgan fingerprint density at radius 1 is 1.27 bits per heavy atom. The minimum Gasteiger partial charge on any atom is -0.531 e. The average molecular weight is 423 g/mol. The van der Waals surface area contributed by atoms with Crippen LogP contribution in [-0.2, 0) is 10.0 Å². The molecule has 0 bridgehead atoms. The number of pyridine rings is 1. The number of aromatic nitrogens is 2. The monoisotopic (exact) mass is 423 g/mol. The van der Waals surface area contributed by atoms with Crippen LogP contribution in [0.5, 0.6) is 5.75 Å². The summed E-state index contributed by atoms with van der Waals surface area (Å²) in [5.41, 5.74) is 2.52. The Morgan fingerprint density at radius 2 is 2.07 bits per heavy atom. The summed E-state index contributed by atoms with van der Waals surface area (Å²) in [6.45, 7) is 2.96. The molecule has 0 radical (unpaired) electrons. The number of hydrogen-bond donors (Lipinski definition) is 2. The van der Waals surface area contributed by atoms with Crippen molar-refractivity contribution in [3.05, 3.63) is 60.3 Å². The van der Waals surface area contributed by atoms with Crippen LogP contribution < -0.4 is 4.65 Å². The van der Waals surface area contributed by atoms with Crippen molar-refractivity contribution in [3.63, 3.8) is 0 Å². The zero-order valence-electron chi connectivity index (χ0n) is 16.5. The van der Waals surface area contributed by atoms with Crippen LogP contribution in [0.3, 0.4) is 0 Å². The van der Waals surface area contributed by atoms with Gasteiger partial charge in [0, 0.05) is 36.2 Å². The first kappa shape index (κ1) is 19.4. The second kappa shape index (κ2) is 7.26. The predicted molar refractivity (Wildman–Crippen MR) is 115 cm³/mol. The van der Waals surface area contributed by atoms with Crippen LogP contribution in [0.2, 0.25) is 0 Å². The van der Waals surface area contributed by atoms with Crippen LogP contribution in [0.4, 0.5) is 0 Å². The molecule has 2 N–H and O–H groups in total. The minimum atomic E-state index is -3.59. The van der Waals surface area contributed by atoms with E-state index in [4.69, 9.17) is 4.65 Å². The van der Waals surface area contributed by atoms with E-state index in [1.54, 1.807) is 46.8 Å². The Bertz CT molecular complexity index is 1230. The van der Waals surface area contributed by atoms with E-state index in [0.29, 0.717) is 23.7 Å². The lowest BCUT2D eigenvalue weighted by Crippen LogP contribution is -2.44. The van der Waals surface area contributed by atoms with Gasteiger partial charge < -0.3 is 14.7 Å². The lowest BCUT2D eigenvalue weighted by Gasteiger charge is -2.39. The Labute approximate surface area is 175 Å². The minimum absolute atomic E-state index is 0.0740. The highest BCUT2D eigenvalue weighted by molar-refractivity contribution is 7.89. The molecule has 5 rings (SSSR count). The van der Waals surface area contributed by atoms with Crippen LogP contribution in [0, 0.1) is 11.8 Å². The molecule has 2 aliphatic rings. The molecule has 30 heavy (non-hydrogen) atoms. The van der Waals surface area contributed by atoms with Crippen LogP contribution >= 0.6 is 0 Å². The summed E-state index contributed by atoms with van der Waals surface area (Å²) < 4.78 is 33.6. The summed E-state index contributed by atoms with van der Waals surface area (Å²) in [5.74, 6) is 2.39. The zero-order chi connectivity index (χ0) is 20.9. The number of nitrogens with zero attached hydrogens (tertiary/aromatic N) is 2. The van der Waals surface area contributed by atoms with Gasteiger partial charge in [-0.05, 0) is 42.1 Å². The molecule has 9 heteroatoms. The normalized spacial score (nSPS) is 22.5. The van der Waals surface area contributed by atoms with Gasteiger partial charge in [-0.2, -0.15) is 4.31 Å². The lowest BCUT2D eigenvalue weighted by molar-refractivity contribution is 0.239. The molecule has 2 aliphatic heterocycles. The number of fused-ring (bicyclic) bond motifs is 3. The fourth-order valence-electron chi connectivity index (χ4n) is 4.49. The molecular formula is C21H22BN3O4S. The summed E-state index contributed by atoms with van der Waals surface area (Å²) in [5, 5.41) is 11.2. The summed E-state index contributed by atoms with van der Waals surface area (Å²) in [7, 11) is -4.67. The molecule has 0 spiro atoms. The van der Waals surface area contributed by atoms with Crippen LogP contribution in [-0.4, -0.2) is 47.9 Å². The Kier molecular flexibility index (Phi) is 4.69. The smallest absolute Gasteiger partial charge is 0.531 e.